The lowest BCUT2D eigenvalue weighted by Crippen LogP contribution is -2.44. The van der Waals surface area contributed by atoms with Crippen LogP contribution in [0, 0.1) is 18.7 Å². The minimum Gasteiger partial charge on any atom is -0.497 e. The predicted molar refractivity (Wildman–Crippen MR) is 154 cm³/mol. The zero-order valence-electron chi connectivity index (χ0n) is 21.9. The highest BCUT2D eigenvalue weighted by atomic mass is 32.2. The standard InChI is InChI=1S/C29H32FN5OS2/c1-20-14-34(15-20)17-23-5-4-6-26(30)25(23)13-31-27-11-12-29(33-21(27)2)38-35(28-18-37-19-32-28)16-22-7-9-24(36-3)10-8-22/h4-12,18-20,31H,13-17H2,1-3H3. The van der Waals surface area contributed by atoms with Crippen LogP contribution >= 0.6 is 23.3 Å². The average Bonchev–Trinajstić information content (AvgIpc) is 3.44. The second-order valence-corrected chi connectivity index (χ2v) is 11.4. The van der Waals surface area contributed by atoms with Gasteiger partial charge in [-0.25, -0.2) is 14.4 Å². The lowest BCUT2D eigenvalue weighted by atomic mass is 9.99. The number of nitrogens with one attached hydrogen (secondary N) is 1. The third-order valence-corrected chi connectivity index (χ3v) is 8.15. The Morgan fingerprint density at radius 1 is 1.16 bits per heavy atom. The molecule has 198 valence electrons. The van der Waals surface area contributed by atoms with Gasteiger partial charge in [-0.15, -0.1) is 11.3 Å². The van der Waals surface area contributed by atoms with E-state index in [1.54, 1.807) is 42.5 Å². The molecule has 0 unspecified atom stereocenters. The molecular formula is C29H32FN5OS2. The van der Waals surface area contributed by atoms with E-state index in [9.17, 15) is 4.39 Å². The number of halogens is 1. The van der Waals surface area contributed by atoms with Crippen molar-refractivity contribution in [2.24, 2.45) is 5.92 Å². The summed E-state index contributed by atoms with van der Waals surface area (Å²) in [4.78, 5) is 11.7. The van der Waals surface area contributed by atoms with E-state index >= 15 is 0 Å². The summed E-state index contributed by atoms with van der Waals surface area (Å²) in [6.45, 7) is 8.24. The summed E-state index contributed by atoms with van der Waals surface area (Å²) in [6.07, 6.45) is 0. The van der Waals surface area contributed by atoms with E-state index in [0.717, 1.165) is 70.2 Å². The van der Waals surface area contributed by atoms with Crippen LogP contribution in [-0.2, 0) is 19.6 Å². The lowest BCUT2D eigenvalue weighted by molar-refractivity contribution is 0.104. The molecule has 2 aromatic carbocycles. The van der Waals surface area contributed by atoms with Crippen LogP contribution in [-0.4, -0.2) is 35.1 Å². The minimum absolute atomic E-state index is 0.168. The van der Waals surface area contributed by atoms with Crippen molar-refractivity contribution in [2.75, 3.05) is 29.8 Å². The first-order valence-electron chi connectivity index (χ1n) is 12.6. The largest absolute Gasteiger partial charge is 0.497 e. The molecule has 2 aromatic heterocycles. The zero-order valence-corrected chi connectivity index (χ0v) is 23.5. The molecule has 4 aromatic rings. The molecule has 3 heterocycles. The van der Waals surface area contributed by atoms with Crippen LogP contribution in [0.2, 0.25) is 0 Å². The smallest absolute Gasteiger partial charge is 0.150 e. The fourth-order valence-corrected chi connectivity index (χ4v) is 6.15. The first kappa shape index (κ1) is 26.5. The van der Waals surface area contributed by atoms with Crippen molar-refractivity contribution in [3.63, 3.8) is 0 Å². The van der Waals surface area contributed by atoms with Gasteiger partial charge in [0.2, 0.25) is 0 Å². The maximum atomic E-state index is 14.8. The summed E-state index contributed by atoms with van der Waals surface area (Å²) in [5.41, 5.74) is 6.51. The van der Waals surface area contributed by atoms with E-state index in [1.807, 2.05) is 48.1 Å². The Kier molecular flexibility index (Phi) is 8.46. The van der Waals surface area contributed by atoms with Gasteiger partial charge in [0.1, 0.15) is 22.4 Å². The third-order valence-electron chi connectivity index (χ3n) is 6.63. The summed E-state index contributed by atoms with van der Waals surface area (Å²) in [6, 6.07) is 17.4. The molecular weight excluding hydrogens is 517 g/mol. The summed E-state index contributed by atoms with van der Waals surface area (Å²) in [7, 11) is 1.67. The fourth-order valence-electron chi connectivity index (χ4n) is 4.61. The molecule has 1 aliphatic rings. The number of nitrogens with zero attached hydrogens (tertiary/aromatic N) is 4. The number of aryl methyl sites for hydroxylation is 1. The number of thiazole rings is 1. The van der Waals surface area contributed by atoms with Crippen molar-refractivity contribution in [1.82, 2.24) is 14.9 Å². The Balaban J connectivity index is 1.27. The summed E-state index contributed by atoms with van der Waals surface area (Å²) >= 11 is 3.12. The number of benzene rings is 2. The highest BCUT2D eigenvalue weighted by Gasteiger charge is 2.23. The van der Waals surface area contributed by atoms with Crippen LogP contribution in [0.3, 0.4) is 0 Å². The maximum absolute atomic E-state index is 14.8. The van der Waals surface area contributed by atoms with Crippen LogP contribution in [0.25, 0.3) is 0 Å². The number of pyridine rings is 1. The fraction of sp³-hybridized carbons (Fsp3) is 0.310. The van der Waals surface area contributed by atoms with Crippen molar-refractivity contribution in [2.45, 2.75) is 38.5 Å². The highest BCUT2D eigenvalue weighted by molar-refractivity contribution is 8.00. The average molecular weight is 550 g/mol. The molecule has 1 fully saturated rings. The van der Waals surface area contributed by atoms with E-state index in [0.29, 0.717) is 13.1 Å². The lowest BCUT2D eigenvalue weighted by Gasteiger charge is -2.37. The Labute approximate surface area is 232 Å². The molecule has 0 atom stereocenters. The van der Waals surface area contributed by atoms with Crippen molar-refractivity contribution in [3.8, 4) is 5.75 Å². The minimum atomic E-state index is -0.168. The monoisotopic (exact) mass is 549 g/mol. The van der Waals surface area contributed by atoms with Crippen LogP contribution < -0.4 is 14.4 Å². The molecule has 0 bridgehead atoms. The van der Waals surface area contributed by atoms with Gasteiger partial charge in [-0.2, -0.15) is 0 Å². The number of anilines is 2. The molecule has 6 nitrogen and oxygen atoms in total. The van der Waals surface area contributed by atoms with Gasteiger partial charge < -0.3 is 10.1 Å². The van der Waals surface area contributed by atoms with Crippen molar-refractivity contribution >= 4 is 34.8 Å². The van der Waals surface area contributed by atoms with Crippen LogP contribution in [0.4, 0.5) is 15.9 Å². The molecule has 0 aliphatic carbocycles. The number of hydrogen-bond donors (Lipinski definition) is 1. The molecule has 1 N–H and O–H groups in total. The number of methoxy groups -OCH3 is 1. The van der Waals surface area contributed by atoms with Gasteiger partial charge in [0.05, 0.1) is 30.5 Å². The number of rotatable bonds is 11. The number of aromatic nitrogens is 2. The topological polar surface area (TPSA) is 53.5 Å². The van der Waals surface area contributed by atoms with Crippen LogP contribution in [0.1, 0.15) is 29.3 Å². The number of likely N-dealkylation sites (tertiary alicyclic amines) is 1. The SMILES string of the molecule is COc1ccc(CN(Sc2ccc(NCc3c(F)cccc3CN3CC(C)C3)c(C)n2)c2cscn2)cc1. The highest BCUT2D eigenvalue weighted by Crippen LogP contribution is 2.31. The van der Waals surface area contributed by atoms with Crippen molar-refractivity contribution in [3.05, 3.63) is 93.7 Å². The number of ether oxygens (including phenoxy) is 1. The first-order valence-corrected chi connectivity index (χ1v) is 14.4. The van der Waals surface area contributed by atoms with Gasteiger partial charge in [0, 0.05) is 49.1 Å². The van der Waals surface area contributed by atoms with Crippen molar-refractivity contribution in [1.29, 1.82) is 0 Å². The molecule has 0 radical (unpaired) electrons. The second-order valence-electron chi connectivity index (χ2n) is 9.64. The maximum Gasteiger partial charge on any atom is 0.150 e. The molecule has 9 heteroatoms. The summed E-state index contributed by atoms with van der Waals surface area (Å²) in [5.74, 6) is 2.28. The summed E-state index contributed by atoms with van der Waals surface area (Å²) < 4.78 is 22.2. The second kappa shape index (κ2) is 12.1. The number of hydrogen-bond acceptors (Lipinski definition) is 8. The van der Waals surface area contributed by atoms with Gasteiger partial charge >= 0.3 is 0 Å². The van der Waals surface area contributed by atoms with Gasteiger partial charge in [0.15, 0.2) is 0 Å². The summed E-state index contributed by atoms with van der Waals surface area (Å²) in [5, 5.41) is 6.32. The first-order chi connectivity index (χ1) is 18.5. The molecule has 1 aliphatic heterocycles. The van der Waals surface area contributed by atoms with Gasteiger partial charge in [-0.3, -0.25) is 9.21 Å². The van der Waals surface area contributed by atoms with E-state index < -0.39 is 0 Å². The van der Waals surface area contributed by atoms with E-state index in [-0.39, 0.29) is 5.82 Å². The van der Waals surface area contributed by atoms with Crippen molar-refractivity contribution < 1.29 is 9.13 Å². The van der Waals surface area contributed by atoms with Gasteiger partial charge in [-0.05, 0) is 54.3 Å². The Morgan fingerprint density at radius 2 is 1.97 bits per heavy atom. The molecule has 1 saturated heterocycles. The van der Waals surface area contributed by atoms with Crippen LogP contribution in [0.5, 0.6) is 5.75 Å². The van der Waals surface area contributed by atoms with E-state index in [2.05, 4.69) is 38.6 Å². The molecule has 0 saturated carbocycles. The molecule has 38 heavy (non-hydrogen) atoms. The zero-order chi connectivity index (χ0) is 26.5. The molecule has 5 rings (SSSR count). The Hall–Kier alpha value is -3.14. The van der Waals surface area contributed by atoms with Gasteiger partial charge in [0.25, 0.3) is 0 Å². The van der Waals surface area contributed by atoms with Crippen LogP contribution in [0.15, 0.2) is 70.5 Å². The van der Waals surface area contributed by atoms with E-state index in [1.165, 1.54) is 0 Å². The van der Waals surface area contributed by atoms with Gasteiger partial charge in [-0.1, -0.05) is 31.2 Å². The Bertz CT molecular complexity index is 1340. The van der Waals surface area contributed by atoms with E-state index in [4.69, 9.17) is 9.72 Å². The molecule has 0 spiro atoms. The Morgan fingerprint density at radius 3 is 2.66 bits per heavy atom. The molecule has 0 amide bonds. The predicted octanol–water partition coefficient (Wildman–Crippen LogP) is 6.77. The normalized spacial score (nSPS) is 13.8. The quantitative estimate of drug-likeness (QED) is 0.207. The third kappa shape index (κ3) is 6.46.